The van der Waals surface area contributed by atoms with Crippen LogP contribution in [-0.4, -0.2) is 25.1 Å². The number of thiazole rings is 1. The average molecular weight is 340 g/mol. The Hall–Kier alpha value is -2.86. The summed E-state index contributed by atoms with van der Waals surface area (Å²) in [5.74, 6) is 0.675. The molecule has 0 radical (unpaired) electrons. The number of rotatable bonds is 5. The summed E-state index contributed by atoms with van der Waals surface area (Å²) in [4.78, 5) is 16.8. The summed E-state index contributed by atoms with van der Waals surface area (Å²) < 4.78 is 10.5. The lowest BCUT2D eigenvalue weighted by Crippen LogP contribution is -2.13. The molecule has 0 aliphatic heterocycles. The third kappa shape index (κ3) is 3.23. The maximum absolute atomic E-state index is 12.5. The topological polar surface area (TPSA) is 60.5 Å². The Morgan fingerprint density at radius 2 is 1.88 bits per heavy atom. The molecular formula is C18H16N2O3S. The summed E-state index contributed by atoms with van der Waals surface area (Å²) in [5.41, 5.74) is 2.13. The Labute approximate surface area is 143 Å². The number of hydrogen-bond acceptors (Lipinski definition) is 5. The van der Waals surface area contributed by atoms with Crippen LogP contribution in [0.5, 0.6) is 11.5 Å². The number of methoxy groups -OCH3 is 2. The molecule has 0 aliphatic rings. The quantitative estimate of drug-likeness (QED) is 0.760. The second kappa shape index (κ2) is 7.14. The van der Waals surface area contributed by atoms with Gasteiger partial charge in [0, 0.05) is 22.8 Å². The second-order valence-corrected chi connectivity index (χ2v) is 5.80. The van der Waals surface area contributed by atoms with E-state index in [2.05, 4.69) is 10.3 Å². The van der Waals surface area contributed by atoms with Crippen molar-refractivity contribution in [1.82, 2.24) is 4.98 Å². The lowest BCUT2D eigenvalue weighted by molar-refractivity contribution is 0.102. The molecule has 24 heavy (non-hydrogen) atoms. The van der Waals surface area contributed by atoms with Gasteiger partial charge < -0.3 is 14.8 Å². The van der Waals surface area contributed by atoms with E-state index in [1.54, 1.807) is 35.7 Å². The van der Waals surface area contributed by atoms with Crippen molar-refractivity contribution in [3.8, 4) is 22.1 Å². The predicted octanol–water partition coefficient (Wildman–Crippen LogP) is 4.08. The number of carbonyl (C=O) groups excluding carboxylic acids is 1. The zero-order chi connectivity index (χ0) is 16.9. The largest absolute Gasteiger partial charge is 0.493 e. The normalized spacial score (nSPS) is 10.2. The SMILES string of the molecule is COc1cccc(C(=O)Nc2ccc(-c3nccs3)cc2)c1OC. The van der Waals surface area contributed by atoms with Crippen molar-refractivity contribution in [1.29, 1.82) is 0 Å². The third-order valence-electron chi connectivity index (χ3n) is 3.47. The first-order valence-corrected chi connectivity index (χ1v) is 8.13. The maximum atomic E-state index is 12.5. The number of para-hydroxylation sites is 1. The van der Waals surface area contributed by atoms with Gasteiger partial charge >= 0.3 is 0 Å². The summed E-state index contributed by atoms with van der Waals surface area (Å²) in [7, 11) is 3.05. The maximum Gasteiger partial charge on any atom is 0.259 e. The van der Waals surface area contributed by atoms with E-state index in [4.69, 9.17) is 9.47 Å². The summed E-state index contributed by atoms with van der Waals surface area (Å²) >= 11 is 1.57. The van der Waals surface area contributed by atoms with E-state index in [-0.39, 0.29) is 5.91 Å². The van der Waals surface area contributed by atoms with Crippen LogP contribution in [0, 0.1) is 0 Å². The summed E-state index contributed by atoms with van der Waals surface area (Å²) in [6.45, 7) is 0. The van der Waals surface area contributed by atoms with E-state index in [0.717, 1.165) is 10.6 Å². The van der Waals surface area contributed by atoms with Crippen molar-refractivity contribution in [3.63, 3.8) is 0 Å². The highest BCUT2D eigenvalue weighted by molar-refractivity contribution is 7.13. The lowest BCUT2D eigenvalue weighted by atomic mass is 10.1. The second-order valence-electron chi connectivity index (χ2n) is 4.91. The van der Waals surface area contributed by atoms with Crippen molar-refractivity contribution in [2.75, 3.05) is 19.5 Å². The number of nitrogens with zero attached hydrogens (tertiary/aromatic N) is 1. The van der Waals surface area contributed by atoms with Gasteiger partial charge in [-0.1, -0.05) is 6.07 Å². The van der Waals surface area contributed by atoms with E-state index in [9.17, 15) is 4.79 Å². The van der Waals surface area contributed by atoms with Crippen LogP contribution < -0.4 is 14.8 Å². The molecule has 0 spiro atoms. The first kappa shape index (κ1) is 16.0. The van der Waals surface area contributed by atoms with Gasteiger partial charge in [-0.3, -0.25) is 4.79 Å². The Morgan fingerprint density at radius 1 is 1.08 bits per heavy atom. The molecule has 1 heterocycles. The van der Waals surface area contributed by atoms with Gasteiger partial charge in [-0.2, -0.15) is 0 Å². The van der Waals surface area contributed by atoms with Crippen molar-refractivity contribution < 1.29 is 14.3 Å². The molecule has 0 bridgehead atoms. The molecule has 1 aromatic heterocycles. The number of benzene rings is 2. The fourth-order valence-electron chi connectivity index (χ4n) is 2.33. The number of anilines is 1. The molecule has 0 saturated carbocycles. The van der Waals surface area contributed by atoms with Crippen molar-refractivity contribution in [2.45, 2.75) is 0 Å². The minimum Gasteiger partial charge on any atom is -0.493 e. The van der Waals surface area contributed by atoms with E-state index >= 15 is 0 Å². The highest BCUT2D eigenvalue weighted by atomic mass is 32.1. The van der Waals surface area contributed by atoms with Crippen LogP contribution >= 0.6 is 11.3 Å². The van der Waals surface area contributed by atoms with E-state index < -0.39 is 0 Å². The Kier molecular flexibility index (Phi) is 4.77. The van der Waals surface area contributed by atoms with E-state index in [0.29, 0.717) is 22.7 Å². The Bertz CT molecular complexity index is 830. The van der Waals surface area contributed by atoms with Gasteiger partial charge in [-0.15, -0.1) is 11.3 Å². The van der Waals surface area contributed by atoms with Gasteiger partial charge in [0.1, 0.15) is 5.01 Å². The fraction of sp³-hybridized carbons (Fsp3) is 0.111. The summed E-state index contributed by atoms with van der Waals surface area (Å²) in [5, 5.41) is 5.74. The molecule has 0 aliphatic carbocycles. The minimum atomic E-state index is -0.257. The highest BCUT2D eigenvalue weighted by Crippen LogP contribution is 2.31. The van der Waals surface area contributed by atoms with Crippen LogP contribution in [0.25, 0.3) is 10.6 Å². The predicted molar refractivity (Wildman–Crippen MR) is 95.0 cm³/mol. The zero-order valence-electron chi connectivity index (χ0n) is 13.3. The van der Waals surface area contributed by atoms with Gasteiger partial charge in [0.05, 0.1) is 19.8 Å². The zero-order valence-corrected chi connectivity index (χ0v) is 14.1. The van der Waals surface area contributed by atoms with Crippen LogP contribution in [0.2, 0.25) is 0 Å². The van der Waals surface area contributed by atoms with Gasteiger partial charge in [-0.25, -0.2) is 4.98 Å². The minimum absolute atomic E-state index is 0.257. The molecule has 2 aromatic carbocycles. The van der Waals surface area contributed by atoms with Crippen LogP contribution in [-0.2, 0) is 0 Å². The van der Waals surface area contributed by atoms with Gasteiger partial charge in [0.25, 0.3) is 5.91 Å². The molecule has 5 nitrogen and oxygen atoms in total. The van der Waals surface area contributed by atoms with Crippen molar-refractivity contribution >= 4 is 22.9 Å². The van der Waals surface area contributed by atoms with Crippen LogP contribution in [0.4, 0.5) is 5.69 Å². The molecular weight excluding hydrogens is 324 g/mol. The summed E-state index contributed by atoms with van der Waals surface area (Å²) in [6, 6.07) is 12.7. The molecule has 6 heteroatoms. The third-order valence-corrected chi connectivity index (χ3v) is 4.29. The van der Waals surface area contributed by atoms with E-state index in [1.807, 2.05) is 29.6 Å². The number of hydrogen-bond donors (Lipinski definition) is 1. The molecule has 0 fully saturated rings. The lowest BCUT2D eigenvalue weighted by Gasteiger charge is -2.12. The van der Waals surface area contributed by atoms with Crippen LogP contribution in [0.3, 0.4) is 0 Å². The highest BCUT2D eigenvalue weighted by Gasteiger charge is 2.16. The van der Waals surface area contributed by atoms with Gasteiger partial charge in [-0.05, 0) is 36.4 Å². The first-order valence-electron chi connectivity index (χ1n) is 7.25. The molecule has 1 N–H and O–H groups in total. The number of nitrogens with one attached hydrogen (secondary N) is 1. The molecule has 1 amide bonds. The molecule has 0 atom stereocenters. The monoisotopic (exact) mass is 340 g/mol. The fourth-order valence-corrected chi connectivity index (χ4v) is 2.97. The molecule has 3 aromatic rings. The smallest absolute Gasteiger partial charge is 0.259 e. The number of aromatic nitrogens is 1. The number of ether oxygens (including phenoxy) is 2. The molecule has 0 saturated heterocycles. The summed E-state index contributed by atoms with van der Waals surface area (Å²) in [6.07, 6.45) is 1.77. The standard InChI is InChI=1S/C18H16N2O3S/c1-22-15-5-3-4-14(16(15)23-2)17(21)20-13-8-6-12(7-9-13)18-19-10-11-24-18/h3-11H,1-2H3,(H,20,21). The molecule has 0 unspecified atom stereocenters. The van der Waals surface area contributed by atoms with Crippen LogP contribution in [0.1, 0.15) is 10.4 Å². The first-order chi connectivity index (χ1) is 11.7. The van der Waals surface area contributed by atoms with Gasteiger partial charge in [0.15, 0.2) is 11.5 Å². The van der Waals surface area contributed by atoms with E-state index in [1.165, 1.54) is 14.2 Å². The van der Waals surface area contributed by atoms with Crippen molar-refractivity contribution in [3.05, 3.63) is 59.6 Å². The average Bonchev–Trinajstić information content (AvgIpc) is 3.16. The number of carbonyl (C=O) groups is 1. The van der Waals surface area contributed by atoms with Gasteiger partial charge in [0.2, 0.25) is 0 Å². The van der Waals surface area contributed by atoms with Crippen LogP contribution in [0.15, 0.2) is 54.0 Å². The molecule has 3 rings (SSSR count). The Balaban J connectivity index is 1.80. The number of amides is 1. The van der Waals surface area contributed by atoms with Crippen molar-refractivity contribution in [2.24, 2.45) is 0 Å². The Morgan fingerprint density at radius 3 is 2.50 bits per heavy atom. The molecule has 122 valence electrons.